The zero-order valence-electron chi connectivity index (χ0n) is 20.0. The Kier molecular flexibility index (Phi) is 7.77. The van der Waals surface area contributed by atoms with Gasteiger partial charge < -0.3 is 30.9 Å². The van der Waals surface area contributed by atoms with Gasteiger partial charge in [-0.25, -0.2) is 4.98 Å². The molecule has 2 aromatic carbocycles. The quantitative estimate of drug-likeness (QED) is 0.326. The summed E-state index contributed by atoms with van der Waals surface area (Å²) in [4.78, 5) is 21.8. The molecule has 0 radical (unpaired) electrons. The maximum atomic E-state index is 13.7. The third-order valence-electron chi connectivity index (χ3n) is 5.59. The Hall–Kier alpha value is -4.32. The second-order valence-electron chi connectivity index (χ2n) is 8.10. The van der Waals surface area contributed by atoms with Gasteiger partial charge in [-0.05, 0) is 36.4 Å². The van der Waals surface area contributed by atoms with Crippen LogP contribution in [0.3, 0.4) is 0 Å². The number of nitrogens with one attached hydrogen (secondary N) is 4. The number of ether oxygens (including phenoxy) is 1. The summed E-state index contributed by atoms with van der Waals surface area (Å²) in [6.45, 7) is 6.84. The summed E-state index contributed by atoms with van der Waals surface area (Å²) < 4.78 is 46.6. The molecule has 194 valence electrons. The summed E-state index contributed by atoms with van der Waals surface area (Å²) in [5.41, 5.74) is 1.10. The number of halogens is 3. The van der Waals surface area contributed by atoms with Gasteiger partial charge in [0.2, 0.25) is 11.9 Å². The molecule has 0 aliphatic carbocycles. The number of carbonyl (C=O) groups excluding carboxylic acids is 1. The molecule has 3 aromatic rings. The Labute approximate surface area is 211 Å². The van der Waals surface area contributed by atoms with Crippen LogP contribution in [-0.4, -0.2) is 49.2 Å². The van der Waals surface area contributed by atoms with E-state index < -0.39 is 23.5 Å². The van der Waals surface area contributed by atoms with Gasteiger partial charge in [-0.1, -0.05) is 12.6 Å². The van der Waals surface area contributed by atoms with Crippen LogP contribution in [0, 0.1) is 0 Å². The summed E-state index contributed by atoms with van der Waals surface area (Å²) in [7, 11) is 1.51. The Balaban J connectivity index is 1.61. The van der Waals surface area contributed by atoms with E-state index in [0.29, 0.717) is 23.3 Å². The largest absolute Gasteiger partial charge is 0.494 e. The topological polar surface area (TPSA) is 103 Å². The number of rotatable bonds is 8. The first kappa shape index (κ1) is 25.8. The van der Waals surface area contributed by atoms with Crippen LogP contribution in [0.2, 0.25) is 0 Å². The van der Waals surface area contributed by atoms with E-state index in [9.17, 15) is 18.0 Å². The molecule has 1 aromatic heterocycles. The van der Waals surface area contributed by atoms with Crippen molar-refractivity contribution in [2.24, 2.45) is 0 Å². The number of hydrogen-bond donors (Lipinski definition) is 4. The summed E-state index contributed by atoms with van der Waals surface area (Å²) >= 11 is 0. The van der Waals surface area contributed by atoms with Gasteiger partial charge in [0.1, 0.15) is 17.1 Å². The van der Waals surface area contributed by atoms with Crippen molar-refractivity contribution in [2.75, 3.05) is 54.1 Å². The van der Waals surface area contributed by atoms with Crippen molar-refractivity contribution in [3.63, 3.8) is 0 Å². The Morgan fingerprint density at radius 3 is 2.59 bits per heavy atom. The van der Waals surface area contributed by atoms with E-state index in [-0.39, 0.29) is 11.6 Å². The standard InChI is InChI=1S/C25H26F3N7O2/c1-3-22(36)31-16-5-4-6-17(13-16)32-23-19(25(26,27)28)15-30-24(34-23)33-20-8-7-18(14-21(20)37-2)35-11-9-29-10-12-35/h3-8,13-15,29H,1,9-12H2,2H3,(H,31,36)(H2,30,32,33,34). The van der Waals surface area contributed by atoms with Gasteiger partial charge in [0.05, 0.1) is 12.8 Å². The van der Waals surface area contributed by atoms with Crippen molar-refractivity contribution in [1.29, 1.82) is 0 Å². The summed E-state index contributed by atoms with van der Waals surface area (Å²) in [6.07, 6.45) is -2.89. The van der Waals surface area contributed by atoms with Crippen molar-refractivity contribution in [1.82, 2.24) is 15.3 Å². The average Bonchev–Trinajstić information content (AvgIpc) is 2.89. The number of aromatic nitrogens is 2. The molecule has 4 N–H and O–H groups in total. The molecule has 1 aliphatic rings. The number of benzene rings is 2. The Bertz CT molecular complexity index is 1280. The van der Waals surface area contributed by atoms with Crippen LogP contribution in [0.15, 0.2) is 61.3 Å². The zero-order chi connectivity index (χ0) is 26.4. The van der Waals surface area contributed by atoms with Crippen molar-refractivity contribution in [3.8, 4) is 5.75 Å². The molecule has 1 fully saturated rings. The Morgan fingerprint density at radius 1 is 1.14 bits per heavy atom. The summed E-state index contributed by atoms with van der Waals surface area (Å²) in [5.74, 6) is -0.452. The second-order valence-corrected chi connectivity index (χ2v) is 8.10. The minimum absolute atomic E-state index is 0.0557. The van der Waals surface area contributed by atoms with Crippen LogP contribution in [0.25, 0.3) is 0 Å². The molecule has 0 bridgehead atoms. The van der Waals surface area contributed by atoms with E-state index in [4.69, 9.17) is 4.74 Å². The first-order chi connectivity index (χ1) is 17.8. The number of anilines is 6. The highest BCUT2D eigenvalue weighted by molar-refractivity contribution is 5.99. The van der Waals surface area contributed by atoms with Gasteiger partial charge in [-0.2, -0.15) is 18.2 Å². The van der Waals surface area contributed by atoms with Crippen molar-refractivity contribution < 1.29 is 22.7 Å². The van der Waals surface area contributed by atoms with Crippen molar-refractivity contribution in [2.45, 2.75) is 6.18 Å². The lowest BCUT2D eigenvalue weighted by Gasteiger charge is -2.30. The third-order valence-corrected chi connectivity index (χ3v) is 5.59. The maximum absolute atomic E-state index is 13.7. The number of nitrogens with zero attached hydrogens (tertiary/aromatic N) is 3. The van der Waals surface area contributed by atoms with Crippen LogP contribution in [0.5, 0.6) is 5.75 Å². The van der Waals surface area contributed by atoms with Gasteiger partial charge in [0.15, 0.2) is 0 Å². The van der Waals surface area contributed by atoms with E-state index in [1.807, 2.05) is 12.1 Å². The minimum atomic E-state index is -4.70. The van der Waals surface area contributed by atoms with Crippen LogP contribution < -0.4 is 30.9 Å². The van der Waals surface area contributed by atoms with Gasteiger partial charge in [0, 0.05) is 55.5 Å². The highest BCUT2D eigenvalue weighted by Gasteiger charge is 2.35. The van der Waals surface area contributed by atoms with E-state index in [1.54, 1.807) is 24.3 Å². The minimum Gasteiger partial charge on any atom is -0.494 e. The molecule has 0 atom stereocenters. The molecule has 1 saturated heterocycles. The van der Waals surface area contributed by atoms with Crippen LogP contribution >= 0.6 is 0 Å². The first-order valence-corrected chi connectivity index (χ1v) is 11.4. The fraction of sp³-hybridized carbons (Fsp3) is 0.240. The lowest BCUT2D eigenvalue weighted by molar-refractivity contribution is -0.137. The molecule has 0 spiro atoms. The van der Waals surface area contributed by atoms with E-state index >= 15 is 0 Å². The summed E-state index contributed by atoms with van der Waals surface area (Å²) in [5, 5.41) is 11.5. The molecule has 4 rings (SSSR count). The van der Waals surface area contributed by atoms with Crippen molar-refractivity contribution in [3.05, 3.63) is 66.9 Å². The highest BCUT2D eigenvalue weighted by Crippen LogP contribution is 2.37. The normalized spacial score (nSPS) is 13.6. The van der Waals surface area contributed by atoms with Gasteiger partial charge in [-0.3, -0.25) is 4.79 Å². The van der Waals surface area contributed by atoms with Crippen molar-refractivity contribution >= 4 is 40.4 Å². The molecule has 37 heavy (non-hydrogen) atoms. The second kappa shape index (κ2) is 11.2. The van der Waals surface area contributed by atoms with Gasteiger partial charge in [-0.15, -0.1) is 0 Å². The third kappa shape index (κ3) is 6.47. The fourth-order valence-electron chi connectivity index (χ4n) is 3.77. The molecular formula is C25H26F3N7O2. The molecular weight excluding hydrogens is 487 g/mol. The van der Waals surface area contributed by atoms with Crippen LogP contribution in [-0.2, 0) is 11.0 Å². The molecule has 2 heterocycles. The fourth-order valence-corrected chi connectivity index (χ4v) is 3.77. The molecule has 1 amide bonds. The number of carbonyl (C=O) groups is 1. The smallest absolute Gasteiger partial charge is 0.421 e. The SMILES string of the molecule is C=CC(=O)Nc1cccc(Nc2nc(Nc3ccc(N4CCNCC4)cc3OC)ncc2C(F)(F)F)c1. The number of hydrogen-bond acceptors (Lipinski definition) is 8. The average molecular weight is 514 g/mol. The first-order valence-electron chi connectivity index (χ1n) is 11.4. The zero-order valence-corrected chi connectivity index (χ0v) is 20.0. The number of methoxy groups -OCH3 is 1. The lowest BCUT2D eigenvalue weighted by Crippen LogP contribution is -2.43. The molecule has 1 aliphatic heterocycles. The lowest BCUT2D eigenvalue weighted by atomic mass is 10.2. The molecule has 12 heteroatoms. The monoisotopic (exact) mass is 513 g/mol. The van der Waals surface area contributed by atoms with Gasteiger partial charge >= 0.3 is 6.18 Å². The van der Waals surface area contributed by atoms with Gasteiger partial charge in [0.25, 0.3) is 0 Å². The highest BCUT2D eigenvalue weighted by atomic mass is 19.4. The number of piperazine rings is 1. The Morgan fingerprint density at radius 2 is 1.89 bits per heavy atom. The van der Waals surface area contributed by atoms with Crippen LogP contribution in [0.1, 0.15) is 5.56 Å². The van der Waals surface area contributed by atoms with E-state index in [0.717, 1.165) is 37.9 Å². The molecule has 0 saturated carbocycles. The number of alkyl halides is 3. The van der Waals surface area contributed by atoms with E-state index in [2.05, 4.69) is 42.7 Å². The van der Waals surface area contributed by atoms with E-state index in [1.165, 1.54) is 13.2 Å². The molecule has 0 unspecified atom stereocenters. The summed E-state index contributed by atoms with van der Waals surface area (Å²) in [6, 6.07) is 11.8. The van der Waals surface area contributed by atoms with Crippen LogP contribution in [0.4, 0.5) is 47.7 Å². The predicted molar refractivity (Wildman–Crippen MR) is 137 cm³/mol. The predicted octanol–water partition coefficient (Wildman–Crippen LogP) is 4.53. The maximum Gasteiger partial charge on any atom is 0.421 e. The number of amides is 1. The molecule has 9 nitrogen and oxygen atoms in total.